The van der Waals surface area contributed by atoms with E-state index in [4.69, 9.17) is 10.5 Å². The predicted octanol–water partition coefficient (Wildman–Crippen LogP) is 3.73. The van der Waals surface area contributed by atoms with Crippen molar-refractivity contribution >= 4 is 28.1 Å². The number of hydrogen-bond donors (Lipinski definition) is 1. The standard InChI is InChI=1S/C23H22N6O/c24-20-22(29-14-12-28(13-15-29)18-8-2-1-3-9-18)26-16-27-23(20)30-19-10-4-6-17-7-5-11-25-21(17)19/h1-11,16H,12-15,24H2. The first kappa shape index (κ1) is 18.2. The SMILES string of the molecule is Nc1c(Oc2cccc3cccnc23)ncnc1N1CCN(c2ccccc2)CC1. The van der Waals surface area contributed by atoms with E-state index in [0.29, 0.717) is 23.1 Å². The lowest BCUT2D eigenvalue weighted by Crippen LogP contribution is -2.47. The third-order valence-electron chi connectivity index (χ3n) is 5.33. The summed E-state index contributed by atoms with van der Waals surface area (Å²) in [4.78, 5) is 17.7. The topological polar surface area (TPSA) is 80.4 Å². The number of ether oxygens (including phenoxy) is 1. The van der Waals surface area contributed by atoms with Gasteiger partial charge in [-0.15, -0.1) is 0 Å². The van der Waals surface area contributed by atoms with Gasteiger partial charge < -0.3 is 20.3 Å². The van der Waals surface area contributed by atoms with E-state index in [9.17, 15) is 0 Å². The molecule has 0 saturated carbocycles. The first-order valence-electron chi connectivity index (χ1n) is 9.96. The average molecular weight is 398 g/mol. The van der Waals surface area contributed by atoms with Gasteiger partial charge in [0.2, 0.25) is 5.88 Å². The zero-order valence-corrected chi connectivity index (χ0v) is 16.5. The quantitative estimate of drug-likeness (QED) is 0.561. The molecular formula is C23H22N6O. The van der Waals surface area contributed by atoms with Gasteiger partial charge in [-0.25, -0.2) is 4.98 Å². The second-order valence-electron chi connectivity index (χ2n) is 7.16. The molecule has 30 heavy (non-hydrogen) atoms. The molecule has 0 aliphatic carbocycles. The summed E-state index contributed by atoms with van der Waals surface area (Å²) in [5, 5.41) is 1.000. The van der Waals surface area contributed by atoms with E-state index in [1.807, 2.05) is 36.4 Å². The van der Waals surface area contributed by atoms with Crippen molar-refractivity contribution in [1.29, 1.82) is 0 Å². The van der Waals surface area contributed by atoms with Crippen molar-refractivity contribution in [2.24, 2.45) is 0 Å². The smallest absolute Gasteiger partial charge is 0.248 e. The minimum atomic E-state index is 0.351. The van der Waals surface area contributed by atoms with Gasteiger partial charge in [-0.2, -0.15) is 4.98 Å². The maximum atomic E-state index is 6.43. The maximum absolute atomic E-state index is 6.43. The van der Waals surface area contributed by atoms with Crippen molar-refractivity contribution in [3.63, 3.8) is 0 Å². The molecule has 0 spiro atoms. The number of fused-ring (bicyclic) bond motifs is 1. The molecule has 2 N–H and O–H groups in total. The Hall–Kier alpha value is -3.87. The molecule has 5 rings (SSSR count). The molecule has 1 saturated heterocycles. The Bertz CT molecular complexity index is 1150. The maximum Gasteiger partial charge on any atom is 0.248 e. The number of piperazine rings is 1. The zero-order chi connectivity index (χ0) is 20.3. The predicted molar refractivity (Wildman–Crippen MR) is 119 cm³/mol. The third kappa shape index (κ3) is 3.45. The number of rotatable bonds is 4. The molecule has 1 aliphatic rings. The van der Waals surface area contributed by atoms with Crippen LogP contribution in [-0.2, 0) is 0 Å². The Morgan fingerprint density at radius 1 is 0.767 bits per heavy atom. The van der Waals surface area contributed by atoms with Crippen LogP contribution in [0.2, 0.25) is 0 Å². The van der Waals surface area contributed by atoms with Crippen LogP contribution in [0, 0.1) is 0 Å². The van der Waals surface area contributed by atoms with Gasteiger partial charge in [-0.1, -0.05) is 36.4 Å². The number of aromatic nitrogens is 3. The van der Waals surface area contributed by atoms with E-state index in [0.717, 1.165) is 37.1 Å². The van der Waals surface area contributed by atoms with Crippen LogP contribution >= 0.6 is 0 Å². The van der Waals surface area contributed by atoms with E-state index >= 15 is 0 Å². The van der Waals surface area contributed by atoms with Gasteiger partial charge in [0.05, 0.1) is 0 Å². The number of para-hydroxylation sites is 2. The number of hydrogen-bond acceptors (Lipinski definition) is 7. The fraction of sp³-hybridized carbons (Fsp3) is 0.174. The lowest BCUT2D eigenvalue weighted by atomic mass is 10.2. The lowest BCUT2D eigenvalue weighted by molar-refractivity contribution is 0.468. The Morgan fingerprint density at radius 2 is 1.53 bits per heavy atom. The minimum Gasteiger partial charge on any atom is -0.435 e. The van der Waals surface area contributed by atoms with Gasteiger partial charge in [0.25, 0.3) is 0 Å². The summed E-state index contributed by atoms with van der Waals surface area (Å²) >= 11 is 0. The molecule has 3 heterocycles. The Morgan fingerprint density at radius 3 is 2.37 bits per heavy atom. The van der Waals surface area contributed by atoms with Gasteiger partial charge in [0, 0.05) is 43.4 Å². The normalized spacial score (nSPS) is 14.1. The van der Waals surface area contributed by atoms with E-state index in [1.165, 1.54) is 12.0 Å². The summed E-state index contributed by atoms with van der Waals surface area (Å²) in [6, 6.07) is 20.1. The van der Waals surface area contributed by atoms with Gasteiger partial charge >= 0.3 is 0 Å². The van der Waals surface area contributed by atoms with Crippen LogP contribution in [0.3, 0.4) is 0 Å². The van der Waals surface area contributed by atoms with E-state index in [1.54, 1.807) is 6.20 Å². The second-order valence-corrected chi connectivity index (χ2v) is 7.16. The van der Waals surface area contributed by atoms with Gasteiger partial charge in [0.1, 0.15) is 17.5 Å². The summed E-state index contributed by atoms with van der Waals surface area (Å²) in [7, 11) is 0. The van der Waals surface area contributed by atoms with Crippen molar-refractivity contribution in [2.45, 2.75) is 0 Å². The van der Waals surface area contributed by atoms with Crippen LogP contribution in [0.5, 0.6) is 11.6 Å². The summed E-state index contributed by atoms with van der Waals surface area (Å²) in [5.41, 5.74) is 8.88. The first-order valence-corrected chi connectivity index (χ1v) is 9.96. The average Bonchev–Trinajstić information content (AvgIpc) is 2.81. The Balaban J connectivity index is 1.36. The number of nitrogens with two attached hydrogens (primary N) is 1. The highest BCUT2D eigenvalue weighted by atomic mass is 16.5. The molecule has 2 aromatic heterocycles. The van der Waals surface area contributed by atoms with Crippen LogP contribution in [0.25, 0.3) is 10.9 Å². The van der Waals surface area contributed by atoms with Crippen molar-refractivity contribution < 1.29 is 4.74 Å². The van der Waals surface area contributed by atoms with Crippen LogP contribution in [0.1, 0.15) is 0 Å². The molecule has 4 aromatic rings. The molecule has 0 amide bonds. The number of anilines is 3. The largest absolute Gasteiger partial charge is 0.435 e. The number of pyridine rings is 1. The van der Waals surface area contributed by atoms with Crippen LogP contribution in [0.15, 0.2) is 73.2 Å². The number of nitrogens with zero attached hydrogens (tertiary/aromatic N) is 5. The van der Waals surface area contributed by atoms with Crippen molar-refractivity contribution in [2.75, 3.05) is 41.7 Å². The van der Waals surface area contributed by atoms with E-state index in [-0.39, 0.29) is 0 Å². The van der Waals surface area contributed by atoms with Crippen molar-refractivity contribution in [3.05, 3.63) is 73.2 Å². The second kappa shape index (κ2) is 7.87. The highest BCUT2D eigenvalue weighted by molar-refractivity contribution is 5.84. The molecule has 0 bridgehead atoms. The highest BCUT2D eigenvalue weighted by Gasteiger charge is 2.22. The first-order chi connectivity index (χ1) is 14.8. The molecule has 7 nitrogen and oxygen atoms in total. The number of benzene rings is 2. The zero-order valence-electron chi connectivity index (χ0n) is 16.5. The molecule has 1 aliphatic heterocycles. The third-order valence-corrected chi connectivity index (χ3v) is 5.33. The molecule has 150 valence electrons. The van der Waals surface area contributed by atoms with Gasteiger partial charge in [-0.05, 0) is 24.3 Å². The van der Waals surface area contributed by atoms with E-state index < -0.39 is 0 Å². The van der Waals surface area contributed by atoms with Crippen molar-refractivity contribution in [3.8, 4) is 11.6 Å². The molecule has 2 aromatic carbocycles. The summed E-state index contributed by atoms with van der Waals surface area (Å²) in [6.45, 7) is 3.45. The molecule has 0 unspecified atom stereocenters. The van der Waals surface area contributed by atoms with Crippen LogP contribution in [-0.4, -0.2) is 41.1 Å². The fourth-order valence-electron chi connectivity index (χ4n) is 3.78. The van der Waals surface area contributed by atoms with Gasteiger partial charge in [-0.3, -0.25) is 4.98 Å². The molecule has 0 radical (unpaired) electrons. The number of nitrogen functional groups attached to an aromatic ring is 1. The summed E-state index contributed by atoms with van der Waals surface area (Å²) in [5.74, 6) is 1.68. The monoisotopic (exact) mass is 398 g/mol. The lowest BCUT2D eigenvalue weighted by Gasteiger charge is -2.37. The van der Waals surface area contributed by atoms with E-state index in [2.05, 4.69) is 49.0 Å². The van der Waals surface area contributed by atoms with Crippen LogP contribution in [0.4, 0.5) is 17.2 Å². The van der Waals surface area contributed by atoms with Crippen LogP contribution < -0.4 is 20.3 Å². The van der Waals surface area contributed by atoms with Gasteiger partial charge in [0.15, 0.2) is 11.6 Å². The summed E-state index contributed by atoms with van der Waals surface area (Å²) in [6.07, 6.45) is 3.25. The molecule has 0 atom stereocenters. The Kier molecular flexibility index (Phi) is 4.77. The highest BCUT2D eigenvalue weighted by Crippen LogP contribution is 2.34. The molecular weight excluding hydrogens is 376 g/mol. The molecule has 7 heteroatoms. The Labute approximate surface area is 174 Å². The fourth-order valence-corrected chi connectivity index (χ4v) is 3.78. The van der Waals surface area contributed by atoms with Crippen molar-refractivity contribution in [1.82, 2.24) is 15.0 Å². The molecule has 1 fully saturated rings. The summed E-state index contributed by atoms with van der Waals surface area (Å²) < 4.78 is 6.07. The minimum absolute atomic E-state index is 0.351.